The minimum Gasteiger partial charge on any atom is -0.296 e. The predicted octanol–water partition coefficient (Wildman–Crippen LogP) is 2.70. The highest BCUT2D eigenvalue weighted by Gasteiger charge is 2.32. The molecule has 1 saturated heterocycles. The van der Waals surface area contributed by atoms with Crippen LogP contribution in [-0.4, -0.2) is 51.5 Å². The lowest BCUT2D eigenvalue weighted by Crippen LogP contribution is -2.43. The number of carbonyl (C=O) groups excluding carboxylic acids is 1. The van der Waals surface area contributed by atoms with Crippen LogP contribution >= 0.6 is 0 Å². The van der Waals surface area contributed by atoms with Gasteiger partial charge < -0.3 is 0 Å². The van der Waals surface area contributed by atoms with E-state index in [0.29, 0.717) is 25.1 Å². The van der Waals surface area contributed by atoms with Crippen LogP contribution in [0.2, 0.25) is 0 Å². The van der Waals surface area contributed by atoms with E-state index in [1.165, 1.54) is 42.7 Å². The molecule has 0 bridgehead atoms. The quantitative estimate of drug-likeness (QED) is 0.758. The second-order valence-electron chi connectivity index (χ2n) is 8.18. The zero-order chi connectivity index (χ0) is 18.3. The summed E-state index contributed by atoms with van der Waals surface area (Å²) in [5, 5.41) is 0. The molecule has 1 aliphatic carbocycles. The van der Waals surface area contributed by atoms with Crippen molar-refractivity contribution in [1.29, 1.82) is 0 Å². The van der Waals surface area contributed by atoms with Gasteiger partial charge in [0.2, 0.25) is 10.0 Å². The third kappa shape index (κ3) is 3.54. The molecule has 26 heavy (non-hydrogen) atoms. The first-order chi connectivity index (χ1) is 12.4. The molecule has 2 fully saturated rings. The molecule has 5 nitrogen and oxygen atoms in total. The smallest absolute Gasteiger partial charge is 0.232 e. The van der Waals surface area contributed by atoms with Gasteiger partial charge in [-0.15, -0.1) is 0 Å². The number of rotatable bonds is 4. The normalized spacial score (nSPS) is 26.4. The van der Waals surface area contributed by atoms with E-state index in [1.54, 1.807) is 12.1 Å². The summed E-state index contributed by atoms with van der Waals surface area (Å²) in [6, 6.07) is 5.48. The van der Waals surface area contributed by atoms with Crippen molar-refractivity contribution in [3.05, 3.63) is 29.3 Å². The van der Waals surface area contributed by atoms with E-state index in [4.69, 9.17) is 0 Å². The Balaban J connectivity index is 1.43. The lowest BCUT2D eigenvalue weighted by atomic mass is 9.75. The second-order valence-corrected chi connectivity index (χ2v) is 10.1. The number of hydrogen-bond donors (Lipinski definition) is 0. The lowest BCUT2D eigenvalue weighted by Gasteiger charge is -2.41. The Morgan fingerprint density at radius 2 is 1.88 bits per heavy atom. The van der Waals surface area contributed by atoms with Crippen molar-refractivity contribution in [2.45, 2.75) is 38.5 Å². The molecule has 0 radical (unpaired) electrons. The minimum absolute atomic E-state index is 0.153. The first-order valence-corrected chi connectivity index (χ1v) is 11.6. The predicted molar refractivity (Wildman–Crippen MR) is 103 cm³/mol. The van der Waals surface area contributed by atoms with Crippen LogP contribution in [0.1, 0.15) is 48.0 Å². The van der Waals surface area contributed by atoms with Gasteiger partial charge in [0.1, 0.15) is 0 Å². The topological polar surface area (TPSA) is 57.7 Å². The van der Waals surface area contributed by atoms with Crippen LogP contribution in [0, 0.1) is 11.8 Å². The maximum atomic E-state index is 12.8. The number of fused-ring (bicyclic) bond motifs is 2. The molecule has 0 N–H and O–H groups in total. The number of carbonyl (C=O) groups is 1. The van der Waals surface area contributed by atoms with Crippen LogP contribution in [0.5, 0.6) is 0 Å². The molecule has 2 heterocycles. The fourth-order valence-corrected chi connectivity index (χ4v) is 5.96. The Bertz CT molecular complexity index is 805. The number of likely N-dealkylation sites (tertiary alicyclic amines) is 1. The first kappa shape index (κ1) is 18.0. The van der Waals surface area contributed by atoms with Crippen molar-refractivity contribution >= 4 is 21.5 Å². The molecule has 142 valence electrons. The van der Waals surface area contributed by atoms with E-state index in [-0.39, 0.29) is 5.78 Å². The Labute approximate surface area is 156 Å². The molecule has 1 aromatic carbocycles. The highest BCUT2D eigenvalue weighted by atomic mass is 32.2. The molecule has 1 aromatic rings. The standard InChI is InChI=1S/C20H28N2O3S/c1-26(24,25)22-11-9-16-12-17(6-7-19(16)22)20(23)14-21-10-8-15-4-2-3-5-18(15)13-21/h6-7,12,15,18H,2-5,8-11,13-14H2,1H3/t15-,18+/m0/s1. The summed E-state index contributed by atoms with van der Waals surface area (Å²) in [6.45, 7) is 3.04. The number of Topliss-reactive ketones (excluding diaryl/α,β-unsaturated/α-hetero) is 1. The van der Waals surface area contributed by atoms with Crippen molar-refractivity contribution in [2.24, 2.45) is 11.8 Å². The van der Waals surface area contributed by atoms with Gasteiger partial charge in [-0.3, -0.25) is 14.0 Å². The van der Waals surface area contributed by atoms with Gasteiger partial charge in [0, 0.05) is 18.7 Å². The van der Waals surface area contributed by atoms with Crippen LogP contribution in [0.15, 0.2) is 18.2 Å². The summed E-state index contributed by atoms with van der Waals surface area (Å²) >= 11 is 0. The van der Waals surface area contributed by atoms with Crippen molar-refractivity contribution in [3.63, 3.8) is 0 Å². The number of sulfonamides is 1. The number of piperidine rings is 1. The fraction of sp³-hybridized carbons (Fsp3) is 0.650. The SMILES string of the molecule is CS(=O)(=O)N1CCc2cc(C(=O)CN3CC[C@@H]4CCCC[C@@H]4C3)ccc21. The van der Waals surface area contributed by atoms with Crippen LogP contribution in [0.3, 0.4) is 0 Å². The van der Waals surface area contributed by atoms with Crippen LogP contribution < -0.4 is 4.31 Å². The second kappa shape index (κ2) is 6.97. The Morgan fingerprint density at radius 1 is 1.12 bits per heavy atom. The van der Waals surface area contributed by atoms with Gasteiger partial charge in [-0.1, -0.05) is 19.3 Å². The molecule has 1 saturated carbocycles. The van der Waals surface area contributed by atoms with Crippen LogP contribution in [-0.2, 0) is 16.4 Å². The fourth-order valence-electron chi connectivity index (χ4n) is 5.00. The van der Waals surface area contributed by atoms with Gasteiger partial charge in [0.05, 0.1) is 18.5 Å². The highest BCUT2D eigenvalue weighted by molar-refractivity contribution is 7.92. The van der Waals surface area contributed by atoms with Crippen molar-refractivity contribution in [3.8, 4) is 0 Å². The minimum atomic E-state index is -3.24. The molecule has 4 rings (SSSR count). The van der Waals surface area contributed by atoms with E-state index in [2.05, 4.69) is 4.90 Å². The molecular weight excluding hydrogens is 348 g/mol. The number of ketones is 1. The maximum absolute atomic E-state index is 12.8. The first-order valence-electron chi connectivity index (χ1n) is 9.78. The number of nitrogens with zero attached hydrogens (tertiary/aromatic N) is 2. The highest BCUT2D eigenvalue weighted by Crippen LogP contribution is 2.36. The third-order valence-electron chi connectivity index (χ3n) is 6.40. The maximum Gasteiger partial charge on any atom is 0.232 e. The van der Waals surface area contributed by atoms with Gasteiger partial charge in [-0.05, 0) is 61.4 Å². The summed E-state index contributed by atoms with van der Waals surface area (Å²) in [6.07, 6.45) is 8.53. The zero-order valence-electron chi connectivity index (χ0n) is 15.5. The summed E-state index contributed by atoms with van der Waals surface area (Å²) in [4.78, 5) is 15.1. The van der Waals surface area contributed by atoms with Crippen LogP contribution in [0.4, 0.5) is 5.69 Å². The van der Waals surface area contributed by atoms with E-state index >= 15 is 0 Å². The average molecular weight is 377 g/mol. The largest absolute Gasteiger partial charge is 0.296 e. The number of benzene rings is 1. The Morgan fingerprint density at radius 3 is 2.65 bits per heavy atom. The molecule has 0 amide bonds. The summed E-state index contributed by atoms with van der Waals surface area (Å²) in [5.74, 6) is 1.80. The monoisotopic (exact) mass is 376 g/mol. The lowest BCUT2D eigenvalue weighted by molar-refractivity contribution is 0.0713. The van der Waals surface area contributed by atoms with E-state index in [1.807, 2.05) is 6.07 Å². The average Bonchev–Trinajstić information content (AvgIpc) is 3.05. The van der Waals surface area contributed by atoms with Crippen molar-refractivity contribution in [2.75, 3.05) is 36.7 Å². The third-order valence-corrected chi connectivity index (χ3v) is 7.58. The van der Waals surface area contributed by atoms with Gasteiger partial charge in [0.15, 0.2) is 5.78 Å². The van der Waals surface area contributed by atoms with Gasteiger partial charge in [0.25, 0.3) is 0 Å². The molecule has 2 aliphatic heterocycles. The Hall–Kier alpha value is -1.40. The van der Waals surface area contributed by atoms with Gasteiger partial charge in [-0.25, -0.2) is 8.42 Å². The molecule has 0 spiro atoms. The van der Waals surface area contributed by atoms with Crippen LogP contribution in [0.25, 0.3) is 0 Å². The molecule has 3 aliphatic rings. The molecule has 0 aromatic heterocycles. The molecule has 2 atom stereocenters. The Kier molecular flexibility index (Phi) is 4.82. The van der Waals surface area contributed by atoms with E-state index in [0.717, 1.165) is 36.2 Å². The summed E-state index contributed by atoms with van der Waals surface area (Å²) < 4.78 is 25.1. The van der Waals surface area contributed by atoms with Gasteiger partial charge in [-0.2, -0.15) is 0 Å². The van der Waals surface area contributed by atoms with Crippen molar-refractivity contribution < 1.29 is 13.2 Å². The molecule has 0 unspecified atom stereocenters. The molecular formula is C20H28N2O3S. The summed E-state index contributed by atoms with van der Waals surface area (Å²) in [5.41, 5.74) is 2.41. The zero-order valence-corrected chi connectivity index (χ0v) is 16.3. The van der Waals surface area contributed by atoms with Crippen molar-refractivity contribution in [1.82, 2.24) is 4.90 Å². The van der Waals surface area contributed by atoms with Gasteiger partial charge >= 0.3 is 0 Å². The summed E-state index contributed by atoms with van der Waals surface area (Å²) in [7, 11) is -3.24. The molecule has 6 heteroatoms. The number of hydrogen-bond acceptors (Lipinski definition) is 4. The van der Waals surface area contributed by atoms with E-state index < -0.39 is 10.0 Å². The van der Waals surface area contributed by atoms with E-state index in [9.17, 15) is 13.2 Å². The number of anilines is 1.